The molecular formula is I2PS-. The molecule has 4 heteroatoms. The Morgan fingerprint density at radius 3 is 1.50 bits per heavy atom. The molecule has 0 N–H and O–H groups in total. The van der Waals surface area contributed by atoms with Crippen molar-refractivity contribution in [2.75, 3.05) is 0 Å². The molecule has 0 spiro atoms. The quantitative estimate of drug-likeness (QED) is 0.366. The Balaban J connectivity index is 3.02. The SMILES string of the molecule is P#[S-](I)I. The molecular weight excluding hydrogens is 317 g/mol. The van der Waals surface area contributed by atoms with E-state index in [-0.39, 0.29) is 4.21 Å². The standard InChI is InChI=1S/I2PS/c1-4(2)3/q-1. The van der Waals surface area contributed by atoms with E-state index in [2.05, 4.69) is 50.2 Å². The van der Waals surface area contributed by atoms with Gasteiger partial charge in [0.1, 0.15) is 0 Å². The number of halogens is 2. The van der Waals surface area contributed by atoms with Gasteiger partial charge >= 0.3 is 54.4 Å². The maximum atomic E-state index is 3.97. The number of hydrogen-bond donors (Lipinski definition) is 0. The molecule has 0 fully saturated rings. The van der Waals surface area contributed by atoms with E-state index in [1.165, 1.54) is 0 Å². The van der Waals surface area contributed by atoms with E-state index in [0.29, 0.717) is 0 Å². The van der Waals surface area contributed by atoms with Crippen molar-refractivity contribution in [2.24, 2.45) is 0 Å². The topological polar surface area (TPSA) is 0 Å². The molecule has 0 unspecified atom stereocenters. The Kier molecular flexibility index (Phi) is 5.35. The van der Waals surface area contributed by atoms with E-state index in [9.17, 15) is 0 Å². The summed E-state index contributed by atoms with van der Waals surface area (Å²) in [5.74, 6) is 0. The summed E-state index contributed by atoms with van der Waals surface area (Å²) in [7, 11) is 3.97. The van der Waals surface area contributed by atoms with E-state index >= 15 is 0 Å². The molecule has 0 aromatic heterocycles. The van der Waals surface area contributed by atoms with Crippen molar-refractivity contribution in [1.29, 1.82) is 0 Å². The minimum atomic E-state index is 0.273. The van der Waals surface area contributed by atoms with Crippen LogP contribution >= 0.6 is 50.2 Å². The van der Waals surface area contributed by atoms with Gasteiger partial charge in [-0.25, -0.2) is 0 Å². The fraction of sp³-hybridized carbons (Fsp3) is 0. The fourth-order valence-corrected chi connectivity index (χ4v) is 0. The second kappa shape index (κ2) is 3.43. The molecule has 0 aliphatic carbocycles. The summed E-state index contributed by atoms with van der Waals surface area (Å²) in [5.41, 5.74) is 0. The molecule has 0 bridgehead atoms. The summed E-state index contributed by atoms with van der Waals surface area (Å²) in [6.07, 6.45) is 0. The van der Waals surface area contributed by atoms with Gasteiger partial charge in [0, 0.05) is 0 Å². The summed E-state index contributed by atoms with van der Waals surface area (Å²) in [5, 5.41) is 0. The summed E-state index contributed by atoms with van der Waals surface area (Å²) >= 11 is 4.44. The first-order chi connectivity index (χ1) is 1.73. The van der Waals surface area contributed by atoms with Crippen LogP contribution in [0.25, 0.3) is 0 Å². The molecule has 26 valence electrons. The molecule has 4 heavy (non-hydrogen) atoms. The Morgan fingerprint density at radius 2 is 1.50 bits per heavy atom. The van der Waals surface area contributed by atoms with E-state index in [4.69, 9.17) is 0 Å². The zero-order valence-electron chi connectivity index (χ0n) is 1.61. The van der Waals surface area contributed by atoms with Crippen LogP contribution in [-0.2, 0) is 4.21 Å². The molecule has 0 atom stereocenters. The van der Waals surface area contributed by atoms with Gasteiger partial charge in [-0.1, -0.05) is 0 Å². The monoisotopic (exact) mass is 317 g/mol. The van der Waals surface area contributed by atoms with Crippen LogP contribution < -0.4 is 0 Å². The van der Waals surface area contributed by atoms with Crippen molar-refractivity contribution in [1.82, 2.24) is 0 Å². The molecule has 0 nitrogen and oxygen atoms in total. The van der Waals surface area contributed by atoms with Crippen molar-refractivity contribution in [3.05, 3.63) is 0 Å². The molecule has 0 radical (unpaired) electrons. The molecule has 0 aliphatic heterocycles. The van der Waals surface area contributed by atoms with Crippen LogP contribution in [-0.4, -0.2) is 0 Å². The van der Waals surface area contributed by atoms with Gasteiger partial charge in [0.05, 0.1) is 0 Å². The van der Waals surface area contributed by atoms with Crippen molar-refractivity contribution in [3.63, 3.8) is 0 Å². The average molecular weight is 317 g/mol. The van der Waals surface area contributed by atoms with Crippen LogP contribution in [0, 0.1) is 0 Å². The second-order valence-electron chi connectivity index (χ2n) is 0.196. The number of rotatable bonds is 0. The molecule has 0 aromatic rings. The van der Waals surface area contributed by atoms with E-state index in [0.717, 1.165) is 0 Å². The first-order valence-electron chi connectivity index (χ1n) is 0.491. The predicted octanol–water partition coefficient (Wildman–Crippen LogP) is 2.63. The van der Waals surface area contributed by atoms with Crippen LogP contribution in [0.1, 0.15) is 0 Å². The van der Waals surface area contributed by atoms with Crippen LogP contribution in [0.4, 0.5) is 0 Å². The van der Waals surface area contributed by atoms with E-state index < -0.39 is 0 Å². The van der Waals surface area contributed by atoms with Gasteiger partial charge in [-0.3, -0.25) is 0 Å². The van der Waals surface area contributed by atoms with Crippen LogP contribution in [0.2, 0.25) is 0 Å². The summed E-state index contributed by atoms with van der Waals surface area (Å²) in [6.45, 7) is 0. The Hall–Kier alpha value is 2.24. The van der Waals surface area contributed by atoms with E-state index in [1.807, 2.05) is 0 Å². The Morgan fingerprint density at radius 1 is 1.50 bits per heavy atom. The molecule has 0 amide bonds. The van der Waals surface area contributed by atoms with Crippen LogP contribution in [0.15, 0.2) is 0 Å². The van der Waals surface area contributed by atoms with E-state index in [1.54, 1.807) is 0 Å². The molecule has 0 aliphatic rings. The van der Waals surface area contributed by atoms with Crippen LogP contribution in [0.3, 0.4) is 0 Å². The van der Waals surface area contributed by atoms with Crippen molar-refractivity contribution in [2.45, 2.75) is 0 Å². The van der Waals surface area contributed by atoms with Gasteiger partial charge in [-0.15, -0.1) is 0 Å². The van der Waals surface area contributed by atoms with Gasteiger partial charge in [-0.2, -0.15) is 0 Å². The summed E-state index contributed by atoms with van der Waals surface area (Å²) in [4.78, 5) is 0. The van der Waals surface area contributed by atoms with Gasteiger partial charge in [0.2, 0.25) is 0 Å². The Labute approximate surface area is 53.7 Å². The predicted molar refractivity (Wildman–Crippen MR) is 42.3 cm³/mol. The molecule has 0 heterocycles. The minimum absolute atomic E-state index is 0.273. The second-order valence-corrected chi connectivity index (χ2v) is 16.2. The Bertz CT molecular complexity index is 52.2. The molecule has 0 rings (SSSR count). The van der Waals surface area contributed by atoms with Gasteiger partial charge in [0.25, 0.3) is 0 Å². The molecule has 0 saturated carbocycles. The number of hydrogen-bond acceptors (Lipinski definition) is 1. The first-order valence-corrected chi connectivity index (χ1v) is 7.85. The zero-order chi connectivity index (χ0) is 3.58. The van der Waals surface area contributed by atoms with Crippen molar-refractivity contribution in [3.8, 4) is 0 Å². The normalized spacial score (nSPS) is 8.50. The fourth-order valence-electron chi connectivity index (χ4n) is 0. The van der Waals surface area contributed by atoms with Crippen molar-refractivity contribution >= 4 is 54.4 Å². The maximum absolute atomic E-state index is 3.97. The third-order valence-corrected chi connectivity index (χ3v) is 0. The van der Waals surface area contributed by atoms with Gasteiger partial charge < -0.3 is 0 Å². The third-order valence-electron chi connectivity index (χ3n) is 0. The van der Waals surface area contributed by atoms with Crippen LogP contribution in [0.5, 0.6) is 0 Å². The molecule has 0 saturated heterocycles. The van der Waals surface area contributed by atoms with Crippen molar-refractivity contribution < 1.29 is 0 Å². The third kappa shape index (κ3) is 8.87. The summed E-state index contributed by atoms with van der Waals surface area (Å²) < 4.78 is 0.273. The van der Waals surface area contributed by atoms with Gasteiger partial charge in [0.15, 0.2) is 0 Å². The average Bonchev–Trinajstić information content (AvgIpc) is 0.811. The summed E-state index contributed by atoms with van der Waals surface area (Å²) in [6, 6.07) is 0. The van der Waals surface area contributed by atoms with Gasteiger partial charge in [-0.05, 0) is 0 Å². The molecule has 0 aromatic carbocycles. The zero-order valence-corrected chi connectivity index (χ0v) is 7.64. The first kappa shape index (κ1) is 6.24.